The van der Waals surface area contributed by atoms with Gasteiger partial charge in [0.05, 0.1) is 22.3 Å². The number of benzene rings is 2. The van der Waals surface area contributed by atoms with Crippen LogP contribution in [0, 0.1) is 6.92 Å². The molecule has 0 fully saturated rings. The minimum atomic E-state index is -3.63. The highest BCUT2D eigenvalue weighted by Crippen LogP contribution is 2.29. The van der Waals surface area contributed by atoms with Gasteiger partial charge in [-0.3, -0.25) is 4.72 Å². The van der Waals surface area contributed by atoms with Crippen LogP contribution >= 0.6 is 11.3 Å². The topological polar surface area (TPSA) is 58.2 Å². The van der Waals surface area contributed by atoms with E-state index in [1.54, 1.807) is 41.7 Å². The van der Waals surface area contributed by atoms with Gasteiger partial charge in [-0.1, -0.05) is 35.9 Å². The number of para-hydroxylation sites is 2. The molecule has 0 aliphatic heterocycles. The average Bonchev–Trinajstić information content (AvgIpc) is 3.11. The molecule has 4 nitrogen and oxygen atoms in total. The van der Waals surface area contributed by atoms with Crippen molar-refractivity contribution >= 4 is 32.7 Å². The molecule has 0 saturated heterocycles. The summed E-state index contributed by atoms with van der Waals surface area (Å²) in [6, 6.07) is 18.3. The highest BCUT2D eigenvalue weighted by molar-refractivity contribution is 7.92. The summed E-state index contributed by atoms with van der Waals surface area (Å²) in [5.74, 6) is 0. The molecule has 0 aliphatic carbocycles. The van der Waals surface area contributed by atoms with E-state index in [-0.39, 0.29) is 10.9 Å². The smallest absolute Gasteiger partial charge is 0.261 e. The minimum Gasteiger partial charge on any atom is -0.376 e. The lowest BCUT2D eigenvalue weighted by molar-refractivity contribution is 0.601. The highest BCUT2D eigenvalue weighted by Gasteiger charge is 2.16. The second-order valence-corrected chi connectivity index (χ2v) is 8.51. The van der Waals surface area contributed by atoms with E-state index in [9.17, 15) is 8.42 Å². The molecule has 2 N–H and O–H groups in total. The van der Waals surface area contributed by atoms with Crippen molar-refractivity contribution in [2.45, 2.75) is 24.8 Å². The lowest BCUT2D eigenvalue weighted by Gasteiger charge is -2.18. The summed E-state index contributed by atoms with van der Waals surface area (Å²) in [5, 5.41) is 5.41. The second-order valence-electron chi connectivity index (χ2n) is 5.85. The Morgan fingerprint density at radius 1 is 0.920 bits per heavy atom. The van der Waals surface area contributed by atoms with E-state index in [0.717, 1.165) is 11.3 Å². The first kappa shape index (κ1) is 17.5. The average molecular weight is 373 g/mol. The highest BCUT2D eigenvalue weighted by atomic mass is 32.2. The van der Waals surface area contributed by atoms with Gasteiger partial charge >= 0.3 is 0 Å². The molecule has 6 heteroatoms. The van der Waals surface area contributed by atoms with Gasteiger partial charge in [-0.05, 0) is 49.6 Å². The Hall–Kier alpha value is -2.31. The predicted molar refractivity (Wildman–Crippen MR) is 105 cm³/mol. The zero-order chi connectivity index (χ0) is 17.9. The van der Waals surface area contributed by atoms with E-state index in [4.69, 9.17) is 0 Å². The van der Waals surface area contributed by atoms with Crippen LogP contribution in [0.3, 0.4) is 0 Å². The van der Waals surface area contributed by atoms with Crippen LogP contribution in [0.5, 0.6) is 0 Å². The standard InChI is InChI=1S/C19H20N2O2S2/c1-14-9-11-16(12-10-14)25(22,23)21-18-7-4-3-6-17(18)20-15(2)19-8-5-13-24-19/h3-13,15,20-21H,1-2H3. The Bertz CT molecular complexity index is 934. The lowest BCUT2D eigenvalue weighted by Crippen LogP contribution is -2.15. The molecule has 1 atom stereocenters. The molecule has 3 aromatic rings. The van der Waals surface area contributed by atoms with E-state index in [0.29, 0.717) is 5.69 Å². The van der Waals surface area contributed by atoms with Crippen molar-refractivity contribution in [2.75, 3.05) is 10.0 Å². The molecule has 25 heavy (non-hydrogen) atoms. The number of rotatable bonds is 6. The zero-order valence-electron chi connectivity index (χ0n) is 14.1. The molecule has 0 amide bonds. The van der Waals surface area contributed by atoms with Gasteiger partial charge in [0.2, 0.25) is 0 Å². The van der Waals surface area contributed by atoms with Gasteiger partial charge in [-0.2, -0.15) is 0 Å². The van der Waals surface area contributed by atoms with Crippen LogP contribution in [0.25, 0.3) is 0 Å². The maximum atomic E-state index is 12.6. The van der Waals surface area contributed by atoms with Gasteiger partial charge < -0.3 is 5.32 Å². The minimum absolute atomic E-state index is 0.0880. The molecule has 0 aliphatic rings. The van der Waals surface area contributed by atoms with Gasteiger partial charge in [0.15, 0.2) is 0 Å². The number of thiophene rings is 1. The summed E-state index contributed by atoms with van der Waals surface area (Å²) < 4.78 is 28.0. The first-order valence-electron chi connectivity index (χ1n) is 7.94. The molecule has 3 rings (SSSR count). The van der Waals surface area contributed by atoms with E-state index in [1.807, 2.05) is 36.6 Å². The van der Waals surface area contributed by atoms with E-state index in [2.05, 4.69) is 23.0 Å². The van der Waals surface area contributed by atoms with Crippen molar-refractivity contribution in [1.29, 1.82) is 0 Å². The quantitative estimate of drug-likeness (QED) is 0.638. The Morgan fingerprint density at radius 2 is 1.60 bits per heavy atom. The van der Waals surface area contributed by atoms with Crippen LogP contribution in [0.1, 0.15) is 23.4 Å². The molecule has 2 aromatic carbocycles. The zero-order valence-corrected chi connectivity index (χ0v) is 15.7. The third-order valence-corrected chi connectivity index (χ3v) is 6.28. The van der Waals surface area contributed by atoms with Crippen LogP contribution in [-0.4, -0.2) is 8.42 Å². The van der Waals surface area contributed by atoms with Crippen molar-refractivity contribution < 1.29 is 8.42 Å². The fourth-order valence-corrected chi connectivity index (χ4v) is 4.28. The molecular weight excluding hydrogens is 352 g/mol. The van der Waals surface area contributed by atoms with Crippen molar-refractivity contribution in [1.82, 2.24) is 0 Å². The number of hydrogen-bond acceptors (Lipinski definition) is 4. The van der Waals surface area contributed by atoms with Crippen molar-refractivity contribution in [2.24, 2.45) is 0 Å². The first-order chi connectivity index (χ1) is 12.0. The third-order valence-electron chi connectivity index (χ3n) is 3.84. The molecule has 1 heterocycles. The molecule has 0 bridgehead atoms. The molecule has 0 radical (unpaired) electrons. The molecule has 0 saturated carbocycles. The van der Waals surface area contributed by atoms with E-state index in [1.165, 1.54) is 4.88 Å². The van der Waals surface area contributed by atoms with E-state index >= 15 is 0 Å². The molecule has 0 spiro atoms. The normalized spacial score (nSPS) is 12.6. The number of anilines is 2. The van der Waals surface area contributed by atoms with E-state index < -0.39 is 10.0 Å². The summed E-state index contributed by atoms with van der Waals surface area (Å²) in [4.78, 5) is 1.44. The number of nitrogens with one attached hydrogen (secondary N) is 2. The molecule has 1 unspecified atom stereocenters. The van der Waals surface area contributed by atoms with Gasteiger partial charge in [-0.25, -0.2) is 8.42 Å². The van der Waals surface area contributed by atoms with Crippen LogP contribution in [-0.2, 0) is 10.0 Å². The van der Waals surface area contributed by atoms with Gasteiger partial charge in [0.1, 0.15) is 0 Å². The largest absolute Gasteiger partial charge is 0.376 e. The lowest BCUT2D eigenvalue weighted by atomic mass is 10.2. The monoisotopic (exact) mass is 372 g/mol. The maximum absolute atomic E-state index is 12.6. The number of aryl methyl sites for hydroxylation is 1. The second kappa shape index (κ2) is 7.29. The van der Waals surface area contributed by atoms with Gasteiger partial charge in [0, 0.05) is 4.88 Å². The number of hydrogen-bond donors (Lipinski definition) is 2. The fraction of sp³-hybridized carbons (Fsp3) is 0.158. The molecule has 1 aromatic heterocycles. The fourth-order valence-electron chi connectivity index (χ4n) is 2.46. The predicted octanol–water partition coefficient (Wildman–Crippen LogP) is 5.03. The van der Waals surface area contributed by atoms with Gasteiger partial charge in [0.25, 0.3) is 10.0 Å². The van der Waals surface area contributed by atoms with Crippen molar-refractivity contribution in [3.63, 3.8) is 0 Å². The van der Waals surface area contributed by atoms with Crippen molar-refractivity contribution in [3.05, 3.63) is 76.5 Å². The SMILES string of the molecule is Cc1ccc(S(=O)(=O)Nc2ccccc2NC(C)c2cccs2)cc1. The van der Waals surface area contributed by atoms with Crippen LogP contribution in [0.2, 0.25) is 0 Å². The molecular formula is C19H20N2O2S2. The maximum Gasteiger partial charge on any atom is 0.261 e. The Balaban J connectivity index is 1.84. The Labute approximate surface area is 152 Å². The van der Waals surface area contributed by atoms with Crippen molar-refractivity contribution in [3.8, 4) is 0 Å². The van der Waals surface area contributed by atoms with Gasteiger partial charge in [-0.15, -0.1) is 11.3 Å². The Kier molecular flexibility index (Phi) is 5.11. The number of sulfonamides is 1. The van der Waals surface area contributed by atoms with Crippen LogP contribution in [0.4, 0.5) is 11.4 Å². The summed E-state index contributed by atoms with van der Waals surface area (Å²) in [6.07, 6.45) is 0. The van der Waals surface area contributed by atoms with Crippen LogP contribution in [0.15, 0.2) is 70.9 Å². The summed E-state index contributed by atoms with van der Waals surface area (Å²) in [6.45, 7) is 3.98. The third kappa shape index (κ3) is 4.21. The summed E-state index contributed by atoms with van der Waals surface area (Å²) in [7, 11) is -3.63. The first-order valence-corrected chi connectivity index (χ1v) is 10.3. The molecule has 130 valence electrons. The van der Waals surface area contributed by atoms with Crippen LogP contribution < -0.4 is 10.0 Å². The summed E-state index contributed by atoms with van der Waals surface area (Å²) in [5.41, 5.74) is 2.30. The summed E-state index contributed by atoms with van der Waals surface area (Å²) >= 11 is 1.67. The Morgan fingerprint density at radius 3 is 2.24 bits per heavy atom.